The van der Waals surface area contributed by atoms with E-state index >= 15 is 0 Å². The zero-order valence-corrected chi connectivity index (χ0v) is 30.5. The van der Waals surface area contributed by atoms with Crippen LogP contribution in [0.2, 0.25) is 0 Å². The fourth-order valence-electron chi connectivity index (χ4n) is 6.62. The van der Waals surface area contributed by atoms with Gasteiger partial charge in [0.15, 0.2) is 5.43 Å². The largest absolute Gasteiger partial charge is 0.750 e. The highest BCUT2D eigenvalue weighted by atomic mass is 32.2. The van der Waals surface area contributed by atoms with Gasteiger partial charge in [0.2, 0.25) is 16.7 Å². The van der Waals surface area contributed by atoms with Gasteiger partial charge in [-0.3, -0.25) is 4.79 Å². The van der Waals surface area contributed by atoms with Gasteiger partial charge >= 0.3 is 0 Å². The maximum absolute atomic E-state index is 12.9. The Morgan fingerprint density at radius 3 is 2.02 bits per heavy atom. The summed E-state index contributed by atoms with van der Waals surface area (Å²) in [5.41, 5.74) is 14.2. The molecule has 11 nitrogen and oxygen atoms in total. The van der Waals surface area contributed by atoms with Gasteiger partial charge in [0.1, 0.15) is 11.0 Å². The Balaban J connectivity index is 0.000000817. The number of aryl methyl sites for hydroxylation is 1. The predicted molar refractivity (Wildman–Crippen MR) is 207 cm³/mol. The second kappa shape index (κ2) is 14.5. The first-order chi connectivity index (χ1) is 25.5. The van der Waals surface area contributed by atoms with Crippen molar-refractivity contribution in [2.75, 3.05) is 38.0 Å². The second-order valence-electron chi connectivity index (χ2n) is 13.0. The van der Waals surface area contributed by atoms with Crippen LogP contribution in [0.1, 0.15) is 5.56 Å². The normalized spacial score (nSPS) is 11.8. The third-order valence-electron chi connectivity index (χ3n) is 9.14. The Bertz CT molecular complexity index is 2680. The summed E-state index contributed by atoms with van der Waals surface area (Å²) in [6.45, 7) is 1.84. The van der Waals surface area contributed by atoms with Gasteiger partial charge in [-0.15, -0.1) is 4.57 Å². The van der Waals surface area contributed by atoms with Crippen molar-refractivity contribution in [1.29, 1.82) is 0 Å². The van der Waals surface area contributed by atoms with Gasteiger partial charge in [-0.25, -0.2) is 14.2 Å². The Morgan fingerprint density at radius 2 is 1.38 bits per heavy atom. The van der Waals surface area contributed by atoms with Crippen molar-refractivity contribution < 1.29 is 22.9 Å². The zero-order chi connectivity index (χ0) is 37.4. The molecule has 0 fully saturated rings. The van der Waals surface area contributed by atoms with Crippen LogP contribution in [0.3, 0.4) is 0 Å². The van der Waals surface area contributed by atoms with Crippen molar-refractivity contribution in [3.05, 3.63) is 137 Å². The SMILES string of the molecule is Cc1cc2nc3cc(-c4ccc5nc6ccc(N(C)C)cc6[n+](-c6ccccc6)c5c4)c(N(C)C)cc3n(-c3ccccc3)c-2cc1=O.O=S([O-])O[O-]. The molecular weight excluding hydrogens is 689 g/mol. The lowest BCUT2D eigenvalue weighted by molar-refractivity contribution is -0.635. The fourth-order valence-corrected chi connectivity index (χ4v) is 6.62. The molecule has 0 spiro atoms. The van der Waals surface area contributed by atoms with Crippen molar-refractivity contribution in [2.45, 2.75) is 6.92 Å². The summed E-state index contributed by atoms with van der Waals surface area (Å²) in [6, 6.07) is 41.5. The molecule has 5 aromatic carbocycles. The van der Waals surface area contributed by atoms with Crippen LogP contribution in [0, 0.1) is 6.92 Å². The fraction of sp³-hybridized carbons (Fsp3) is 0.122. The van der Waals surface area contributed by atoms with Gasteiger partial charge < -0.3 is 28.5 Å². The molecule has 266 valence electrons. The molecule has 1 aliphatic heterocycles. The highest BCUT2D eigenvalue weighted by Gasteiger charge is 2.23. The summed E-state index contributed by atoms with van der Waals surface area (Å²) >= 11 is -2.88. The second-order valence-corrected chi connectivity index (χ2v) is 13.5. The number of benzene rings is 6. The van der Waals surface area contributed by atoms with Crippen molar-refractivity contribution in [3.8, 4) is 33.9 Å². The zero-order valence-electron chi connectivity index (χ0n) is 29.7. The van der Waals surface area contributed by atoms with E-state index in [1.54, 1.807) is 6.07 Å². The summed E-state index contributed by atoms with van der Waals surface area (Å²) in [5, 5.41) is 8.52. The summed E-state index contributed by atoms with van der Waals surface area (Å²) in [6.07, 6.45) is 0. The number of hydrogen-bond donors (Lipinski definition) is 0. The highest BCUT2D eigenvalue weighted by Crippen LogP contribution is 2.38. The monoisotopic (exact) mass is 723 g/mol. The number of anilines is 2. The summed E-state index contributed by atoms with van der Waals surface area (Å²) in [7, 11) is 8.24. The lowest BCUT2D eigenvalue weighted by Crippen LogP contribution is -2.33. The lowest BCUT2D eigenvalue weighted by atomic mass is 9.99. The summed E-state index contributed by atoms with van der Waals surface area (Å²) in [5.74, 6) is 0. The van der Waals surface area contributed by atoms with Crippen LogP contribution >= 0.6 is 0 Å². The summed E-state index contributed by atoms with van der Waals surface area (Å²) in [4.78, 5) is 27.4. The lowest BCUT2D eigenvalue weighted by Gasteiger charge is -2.23. The molecule has 53 heavy (non-hydrogen) atoms. The Hall–Kier alpha value is -6.05. The molecule has 0 N–H and O–H groups in total. The maximum Gasteiger partial charge on any atom is 0.239 e. The van der Waals surface area contributed by atoms with Crippen LogP contribution in [0.15, 0.2) is 126 Å². The molecular formula is C41H35N6O5S-. The first kappa shape index (κ1) is 35.4. The average Bonchev–Trinajstić information content (AvgIpc) is 3.16. The molecule has 1 aliphatic carbocycles. The molecule has 12 heteroatoms. The van der Waals surface area contributed by atoms with Crippen LogP contribution in [-0.4, -0.2) is 51.5 Å². The maximum atomic E-state index is 12.9. The van der Waals surface area contributed by atoms with E-state index in [2.05, 4.69) is 136 Å². The van der Waals surface area contributed by atoms with Crippen LogP contribution < -0.4 is 25.1 Å². The third-order valence-corrected chi connectivity index (χ3v) is 9.25. The minimum Gasteiger partial charge on any atom is -0.750 e. The first-order valence-electron chi connectivity index (χ1n) is 16.7. The molecule has 6 aromatic rings. The number of aromatic nitrogens is 4. The molecule has 0 radical (unpaired) electrons. The third kappa shape index (κ3) is 6.84. The molecule has 0 amide bonds. The number of para-hydroxylation sites is 2. The van der Waals surface area contributed by atoms with Gasteiger partial charge in [-0.1, -0.05) is 42.5 Å². The van der Waals surface area contributed by atoms with Gasteiger partial charge in [0.25, 0.3) is 0 Å². The number of fused-ring (bicyclic) bond motifs is 4. The van der Waals surface area contributed by atoms with Crippen LogP contribution in [0.4, 0.5) is 11.4 Å². The Labute approximate surface area is 308 Å². The molecule has 2 heterocycles. The molecule has 0 saturated carbocycles. The minimum atomic E-state index is -2.88. The van der Waals surface area contributed by atoms with Crippen molar-refractivity contribution >= 4 is 55.8 Å². The molecule has 0 saturated heterocycles. The van der Waals surface area contributed by atoms with E-state index in [4.69, 9.17) is 24.0 Å². The number of nitrogens with zero attached hydrogens (tertiary/aromatic N) is 6. The molecule has 0 bridgehead atoms. The molecule has 8 rings (SSSR count). The van der Waals surface area contributed by atoms with E-state index in [0.717, 1.165) is 78.4 Å². The number of hydrogen-bond acceptors (Lipinski definition) is 9. The van der Waals surface area contributed by atoms with E-state index < -0.39 is 11.4 Å². The van der Waals surface area contributed by atoms with Gasteiger partial charge in [-0.2, -0.15) is 0 Å². The van der Waals surface area contributed by atoms with Crippen LogP contribution in [-0.2, 0) is 15.7 Å². The average molecular weight is 724 g/mol. The topological polar surface area (TPSA) is 131 Å². The molecule has 1 atom stereocenters. The molecule has 1 unspecified atom stereocenters. The molecule has 2 aliphatic rings. The minimum absolute atomic E-state index is 0.000459. The van der Waals surface area contributed by atoms with Crippen molar-refractivity contribution in [2.24, 2.45) is 0 Å². The standard InChI is InChI=1S/C41H35N6O.H2O4S/c1-26-20-34-40(25-41(26)48)47(29-14-10-7-11-15-29)39-24-36(45(4)5)31(23-35(39)43-34)27-16-18-32-37(21-27)46(28-12-8-6-9-13-28)38-22-30(44(2)3)17-19-33(38)42-32;1-4-5(2)3/h6-25H,1-5H3;1H,(H,2,3)/q+1;/p-2. The Morgan fingerprint density at radius 1 is 0.736 bits per heavy atom. The van der Waals surface area contributed by atoms with E-state index in [1.807, 2.05) is 37.3 Å². The van der Waals surface area contributed by atoms with Gasteiger partial charge in [-0.05, 0) is 66.6 Å². The molecule has 1 aromatic heterocycles. The number of rotatable bonds is 6. The van der Waals surface area contributed by atoms with Gasteiger partial charge in [0, 0.05) is 81.1 Å². The van der Waals surface area contributed by atoms with E-state index in [9.17, 15) is 4.79 Å². The quantitative estimate of drug-likeness (QED) is 0.0703. The van der Waals surface area contributed by atoms with E-state index in [0.29, 0.717) is 5.56 Å². The van der Waals surface area contributed by atoms with Crippen molar-refractivity contribution in [3.63, 3.8) is 0 Å². The highest BCUT2D eigenvalue weighted by molar-refractivity contribution is 7.73. The van der Waals surface area contributed by atoms with Crippen molar-refractivity contribution in [1.82, 2.24) is 14.5 Å². The first-order valence-corrected chi connectivity index (χ1v) is 17.7. The predicted octanol–water partition coefficient (Wildman–Crippen LogP) is 5.65. The van der Waals surface area contributed by atoms with Crippen LogP contribution in [0.5, 0.6) is 0 Å². The smallest absolute Gasteiger partial charge is 0.239 e. The van der Waals surface area contributed by atoms with Crippen LogP contribution in [0.25, 0.3) is 67.0 Å². The van der Waals surface area contributed by atoms with Gasteiger partial charge in [0.05, 0.1) is 33.8 Å². The Kier molecular flexibility index (Phi) is 9.69. The van der Waals surface area contributed by atoms with E-state index in [1.165, 1.54) is 0 Å². The summed E-state index contributed by atoms with van der Waals surface area (Å²) < 4.78 is 24.5. The van der Waals surface area contributed by atoms with E-state index in [-0.39, 0.29) is 5.43 Å².